The van der Waals surface area contributed by atoms with Crippen LogP contribution in [0.3, 0.4) is 0 Å². The molecule has 2 heteroatoms. The molecule has 1 aromatic heterocycles. The van der Waals surface area contributed by atoms with E-state index in [1.165, 1.54) is 0 Å². The van der Waals surface area contributed by atoms with E-state index in [1.807, 2.05) is 6.92 Å². The standard InChI is InChI=1S/C6H9NO/c1-2-6-5(7)3-4-8-6/h3-4H,2,7H2,1H3. The second kappa shape index (κ2) is 1.90. The average molecular weight is 111 g/mol. The van der Waals surface area contributed by atoms with Gasteiger partial charge in [-0.1, -0.05) is 6.92 Å². The number of hydrogen-bond acceptors (Lipinski definition) is 2. The first-order valence-corrected chi connectivity index (χ1v) is 2.66. The first-order chi connectivity index (χ1) is 3.84. The van der Waals surface area contributed by atoms with E-state index in [4.69, 9.17) is 10.2 Å². The van der Waals surface area contributed by atoms with Crippen molar-refractivity contribution in [2.75, 3.05) is 5.73 Å². The Hall–Kier alpha value is -0.920. The molecule has 0 bridgehead atoms. The zero-order valence-corrected chi connectivity index (χ0v) is 4.85. The molecule has 0 aliphatic rings. The van der Waals surface area contributed by atoms with Crippen LogP contribution in [0.15, 0.2) is 16.7 Å². The fraction of sp³-hybridized carbons (Fsp3) is 0.333. The van der Waals surface area contributed by atoms with Crippen LogP contribution >= 0.6 is 0 Å². The number of nitrogen functional groups attached to an aromatic ring is 1. The van der Waals surface area contributed by atoms with Gasteiger partial charge < -0.3 is 10.2 Å². The molecule has 0 saturated carbocycles. The van der Waals surface area contributed by atoms with E-state index in [-0.39, 0.29) is 0 Å². The van der Waals surface area contributed by atoms with E-state index in [9.17, 15) is 0 Å². The van der Waals surface area contributed by atoms with Crippen LogP contribution in [0.1, 0.15) is 12.7 Å². The smallest absolute Gasteiger partial charge is 0.126 e. The summed E-state index contributed by atoms with van der Waals surface area (Å²) in [6, 6.07) is 1.76. The molecule has 1 heterocycles. The van der Waals surface area contributed by atoms with Crippen molar-refractivity contribution in [3.8, 4) is 0 Å². The number of furan rings is 1. The van der Waals surface area contributed by atoms with Crippen LogP contribution in [0.5, 0.6) is 0 Å². The Labute approximate surface area is 48.3 Å². The lowest BCUT2D eigenvalue weighted by molar-refractivity contribution is 0.517. The van der Waals surface area contributed by atoms with Crippen molar-refractivity contribution in [2.45, 2.75) is 13.3 Å². The van der Waals surface area contributed by atoms with Crippen LogP contribution in [-0.4, -0.2) is 0 Å². The maximum Gasteiger partial charge on any atom is 0.126 e. The summed E-state index contributed by atoms with van der Waals surface area (Å²) < 4.78 is 4.99. The van der Waals surface area contributed by atoms with Gasteiger partial charge in [-0.25, -0.2) is 0 Å². The summed E-state index contributed by atoms with van der Waals surface area (Å²) in [4.78, 5) is 0. The molecule has 0 saturated heterocycles. The highest BCUT2D eigenvalue weighted by Gasteiger charge is 1.95. The molecule has 0 unspecified atom stereocenters. The van der Waals surface area contributed by atoms with Crippen molar-refractivity contribution in [3.63, 3.8) is 0 Å². The molecule has 0 radical (unpaired) electrons. The minimum atomic E-state index is 0.757. The molecule has 1 aromatic rings. The number of nitrogens with two attached hydrogens (primary N) is 1. The Bertz CT molecular complexity index is 169. The van der Waals surface area contributed by atoms with Crippen molar-refractivity contribution in [3.05, 3.63) is 18.1 Å². The summed E-state index contributed by atoms with van der Waals surface area (Å²) >= 11 is 0. The molecule has 0 aliphatic heterocycles. The average Bonchev–Trinajstić information content (AvgIpc) is 2.14. The molecule has 44 valence electrons. The molecule has 8 heavy (non-hydrogen) atoms. The van der Waals surface area contributed by atoms with Gasteiger partial charge in [-0.15, -0.1) is 0 Å². The predicted molar refractivity (Wildman–Crippen MR) is 32.5 cm³/mol. The van der Waals surface area contributed by atoms with Crippen molar-refractivity contribution in [1.29, 1.82) is 0 Å². The van der Waals surface area contributed by atoms with Crippen LogP contribution < -0.4 is 5.73 Å². The van der Waals surface area contributed by atoms with Crippen molar-refractivity contribution < 1.29 is 4.42 Å². The van der Waals surface area contributed by atoms with E-state index in [0.717, 1.165) is 17.9 Å². The van der Waals surface area contributed by atoms with Crippen LogP contribution in [0.25, 0.3) is 0 Å². The first kappa shape index (κ1) is 5.22. The van der Waals surface area contributed by atoms with Crippen molar-refractivity contribution in [1.82, 2.24) is 0 Å². The molecule has 2 N–H and O–H groups in total. The fourth-order valence-electron chi connectivity index (χ4n) is 0.638. The Morgan fingerprint density at radius 3 is 2.75 bits per heavy atom. The summed E-state index contributed by atoms with van der Waals surface area (Å²) in [5, 5.41) is 0. The Kier molecular flexibility index (Phi) is 1.24. The van der Waals surface area contributed by atoms with Crippen LogP contribution in [0.4, 0.5) is 5.69 Å². The molecule has 0 amide bonds. The van der Waals surface area contributed by atoms with Gasteiger partial charge in [-0.05, 0) is 6.07 Å². The lowest BCUT2D eigenvalue weighted by atomic mass is 10.3. The second-order valence-electron chi connectivity index (χ2n) is 1.65. The third kappa shape index (κ3) is 0.689. The topological polar surface area (TPSA) is 39.2 Å². The summed E-state index contributed by atoms with van der Waals surface area (Å²) in [5.74, 6) is 0.880. The van der Waals surface area contributed by atoms with E-state index in [2.05, 4.69) is 0 Å². The lowest BCUT2D eigenvalue weighted by Gasteiger charge is -1.87. The third-order valence-electron chi connectivity index (χ3n) is 1.10. The van der Waals surface area contributed by atoms with Crippen LogP contribution in [-0.2, 0) is 6.42 Å². The van der Waals surface area contributed by atoms with Gasteiger partial charge in [-0.3, -0.25) is 0 Å². The second-order valence-corrected chi connectivity index (χ2v) is 1.65. The highest BCUT2D eigenvalue weighted by Crippen LogP contribution is 2.11. The monoisotopic (exact) mass is 111 g/mol. The third-order valence-corrected chi connectivity index (χ3v) is 1.10. The molecule has 0 fully saturated rings. The summed E-state index contributed by atoms with van der Waals surface area (Å²) in [5.41, 5.74) is 6.21. The first-order valence-electron chi connectivity index (χ1n) is 2.66. The number of aryl methyl sites for hydroxylation is 1. The Balaban J connectivity index is 2.92. The van der Waals surface area contributed by atoms with E-state index in [1.54, 1.807) is 12.3 Å². The fourth-order valence-corrected chi connectivity index (χ4v) is 0.638. The summed E-state index contributed by atoms with van der Waals surface area (Å²) in [6.07, 6.45) is 2.48. The quantitative estimate of drug-likeness (QED) is 0.595. The minimum Gasteiger partial charge on any atom is -0.467 e. The Morgan fingerprint density at radius 1 is 1.75 bits per heavy atom. The van der Waals surface area contributed by atoms with Gasteiger partial charge in [0.25, 0.3) is 0 Å². The maximum atomic E-state index is 5.46. The van der Waals surface area contributed by atoms with Gasteiger partial charge in [0.15, 0.2) is 0 Å². The van der Waals surface area contributed by atoms with Crippen molar-refractivity contribution in [2.24, 2.45) is 0 Å². The molecule has 0 aromatic carbocycles. The Morgan fingerprint density at radius 2 is 2.50 bits per heavy atom. The predicted octanol–water partition coefficient (Wildman–Crippen LogP) is 1.42. The number of anilines is 1. The maximum absolute atomic E-state index is 5.46. The highest BCUT2D eigenvalue weighted by molar-refractivity contribution is 5.40. The van der Waals surface area contributed by atoms with Gasteiger partial charge in [0, 0.05) is 6.42 Å². The molecular formula is C6H9NO. The van der Waals surface area contributed by atoms with Gasteiger partial charge in [0.2, 0.25) is 0 Å². The largest absolute Gasteiger partial charge is 0.467 e. The minimum absolute atomic E-state index is 0.757. The lowest BCUT2D eigenvalue weighted by Crippen LogP contribution is -1.85. The molecule has 0 spiro atoms. The van der Waals surface area contributed by atoms with Gasteiger partial charge >= 0.3 is 0 Å². The molecule has 2 nitrogen and oxygen atoms in total. The zero-order chi connectivity index (χ0) is 5.98. The van der Waals surface area contributed by atoms with Gasteiger partial charge in [0.1, 0.15) is 5.76 Å². The number of rotatable bonds is 1. The van der Waals surface area contributed by atoms with E-state index >= 15 is 0 Å². The summed E-state index contributed by atoms with van der Waals surface area (Å²) in [6.45, 7) is 2.01. The zero-order valence-electron chi connectivity index (χ0n) is 4.85. The number of hydrogen-bond donors (Lipinski definition) is 1. The summed E-state index contributed by atoms with van der Waals surface area (Å²) in [7, 11) is 0. The van der Waals surface area contributed by atoms with Crippen molar-refractivity contribution >= 4 is 5.69 Å². The van der Waals surface area contributed by atoms with E-state index < -0.39 is 0 Å². The molecule has 0 atom stereocenters. The van der Waals surface area contributed by atoms with E-state index in [0.29, 0.717) is 0 Å². The molecule has 0 aliphatic carbocycles. The van der Waals surface area contributed by atoms with Crippen LogP contribution in [0.2, 0.25) is 0 Å². The molecule has 1 rings (SSSR count). The molecular weight excluding hydrogens is 102 g/mol. The normalized spacial score (nSPS) is 9.62. The van der Waals surface area contributed by atoms with Gasteiger partial charge in [0.05, 0.1) is 12.0 Å². The highest BCUT2D eigenvalue weighted by atomic mass is 16.3. The van der Waals surface area contributed by atoms with Gasteiger partial charge in [-0.2, -0.15) is 0 Å². The van der Waals surface area contributed by atoms with Crippen LogP contribution in [0, 0.1) is 0 Å². The SMILES string of the molecule is CCc1occc1N.